The molecule has 6 heteroatoms. The summed E-state index contributed by atoms with van der Waals surface area (Å²) in [6.45, 7) is -0.380. The zero-order valence-corrected chi connectivity index (χ0v) is 5.80. The van der Waals surface area contributed by atoms with Crippen LogP contribution < -0.4 is 0 Å². The molecule has 0 aromatic rings. The standard InChI is InChI=1S/C3H9NO4S/c1-4(2-3-5)9(6,7)8/h5H,2-3H2,1H3,(H,6,7,8). The third kappa shape index (κ3) is 3.41. The van der Waals surface area contributed by atoms with E-state index in [1.807, 2.05) is 0 Å². The van der Waals surface area contributed by atoms with Gasteiger partial charge in [0.2, 0.25) is 0 Å². The van der Waals surface area contributed by atoms with Crippen molar-refractivity contribution in [1.29, 1.82) is 0 Å². The van der Waals surface area contributed by atoms with E-state index < -0.39 is 10.3 Å². The van der Waals surface area contributed by atoms with Crippen molar-refractivity contribution in [3.8, 4) is 0 Å². The quantitative estimate of drug-likeness (QED) is 0.497. The Morgan fingerprint density at radius 1 is 1.56 bits per heavy atom. The summed E-state index contributed by atoms with van der Waals surface area (Å²) in [6.07, 6.45) is 0. The molecule has 0 spiro atoms. The lowest BCUT2D eigenvalue weighted by Crippen LogP contribution is -2.28. The van der Waals surface area contributed by atoms with Crippen LogP contribution in [0.1, 0.15) is 0 Å². The fraction of sp³-hybridized carbons (Fsp3) is 1.00. The van der Waals surface area contributed by atoms with Crippen molar-refractivity contribution >= 4 is 10.3 Å². The Morgan fingerprint density at radius 2 is 2.00 bits per heavy atom. The molecule has 0 aliphatic carbocycles. The molecule has 5 nitrogen and oxygen atoms in total. The fourth-order valence-corrected chi connectivity index (χ4v) is 0.569. The van der Waals surface area contributed by atoms with E-state index in [-0.39, 0.29) is 13.2 Å². The van der Waals surface area contributed by atoms with Gasteiger partial charge < -0.3 is 5.11 Å². The minimum Gasteiger partial charge on any atom is -0.395 e. The van der Waals surface area contributed by atoms with Crippen LogP contribution in [-0.2, 0) is 10.3 Å². The van der Waals surface area contributed by atoms with Crippen molar-refractivity contribution in [1.82, 2.24) is 4.31 Å². The summed E-state index contributed by atoms with van der Waals surface area (Å²) in [7, 11) is -2.92. The zero-order valence-electron chi connectivity index (χ0n) is 4.98. The van der Waals surface area contributed by atoms with E-state index in [2.05, 4.69) is 0 Å². The number of hydrogen-bond donors (Lipinski definition) is 2. The van der Waals surface area contributed by atoms with Gasteiger partial charge in [0, 0.05) is 13.6 Å². The highest BCUT2D eigenvalue weighted by Crippen LogP contribution is 1.88. The first-order valence-corrected chi connectivity index (χ1v) is 3.68. The predicted octanol–water partition coefficient (Wildman–Crippen LogP) is -1.29. The van der Waals surface area contributed by atoms with Gasteiger partial charge in [-0.3, -0.25) is 4.55 Å². The Labute approximate surface area is 53.8 Å². The molecule has 0 saturated heterocycles. The summed E-state index contributed by atoms with van der Waals surface area (Å²) < 4.78 is 29.0. The Balaban J connectivity index is 3.90. The average molecular weight is 155 g/mol. The van der Waals surface area contributed by atoms with E-state index in [0.717, 1.165) is 0 Å². The third-order valence-corrected chi connectivity index (χ3v) is 1.78. The molecule has 2 N–H and O–H groups in total. The maximum Gasteiger partial charge on any atom is 0.335 e. The molecule has 0 heterocycles. The van der Waals surface area contributed by atoms with Crippen molar-refractivity contribution < 1.29 is 18.1 Å². The first-order chi connectivity index (χ1) is 3.98. The molecule has 0 amide bonds. The molecular formula is C3H9NO4S. The van der Waals surface area contributed by atoms with Gasteiger partial charge in [0.05, 0.1) is 6.61 Å². The minimum absolute atomic E-state index is 0.0845. The van der Waals surface area contributed by atoms with Crippen LogP contribution in [0.4, 0.5) is 0 Å². The predicted molar refractivity (Wildman–Crippen MR) is 31.3 cm³/mol. The Hall–Kier alpha value is -0.170. The van der Waals surface area contributed by atoms with Gasteiger partial charge in [-0.1, -0.05) is 0 Å². The van der Waals surface area contributed by atoms with Crippen LogP contribution in [0.15, 0.2) is 0 Å². The van der Waals surface area contributed by atoms with Crippen LogP contribution in [0.2, 0.25) is 0 Å². The summed E-state index contributed by atoms with van der Waals surface area (Å²) >= 11 is 0. The first-order valence-electron chi connectivity index (χ1n) is 2.28. The molecule has 0 atom stereocenters. The van der Waals surface area contributed by atoms with E-state index in [1.165, 1.54) is 7.05 Å². The monoisotopic (exact) mass is 155 g/mol. The number of rotatable bonds is 3. The molecule has 0 fully saturated rings. The van der Waals surface area contributed by atoms with Gasteiger partial charge in [0.25, 0.3) is 0 Å². The van der Waals surface area contributed by atoms with Gasteiger partial charge in [-0.2, -0.15) is 12.7 Å². The molecule has 0 aliphatic rings. The number of nitrogens with zero attached hydrogens (tertiary/aromatic N) is 1. The summed E-state index contributed by atoms with van der Waals surface area (Å²) in [5.74, 6) is 0. The molecule has 0 radical (unpaired) electrons. The molecule has 56 valence electrons. The maximum atomic E-state index is 10.1. The second-order valence-electron chi connectivity index (χ2n) is 1.52. The van der Waals surface area contributed by atoms with E-state index in [0.29, 0.717) is 4.31 Å². The molecule has 0 rings (SSSR count). The Bertz CT molecular complexity index is 163. The van der Waals surface area contributed by atoms with Crippen molar-refractivity contribution in [3.05, 3.63) is 0 Å². The van der Waals surface area contributed by atoms with Crippen molar-refractivity contribution in [3.63, 3.8) is 0 Å². The molecule has 0 aromatic carbocycles. The van der Waals surface area contributed by atoms with Gasteiger partial charge in [-0.05, 0) is 0 Å². The van der Waals surface area contributed by atoms with Crippen molar-refractivity contribution in [2.24, 2.45) is 0 Å². The minimum atomic E-state index is -4.09. The molecular weight excluding hydrogens is 146 g/mol. The summed E-state index contributed by atoms with van der Waals surface area (Å²) in [4.78, 5) is 0. The van der Waals surface area contributed by atoms with Crippen molar-refractivity contribution in [2.75, 3.05) is 20.2 Å². The van der Waals surface area contributed by atoms with Crippen molar-refractivity contribution in [2.45, 2.75) is 0 Å². The largest absolute Gasteiger partial charge is 0.395 e. The highest BCUT2D eigenvalue weighted by molar-refractivity contribution is 7.83. The summed E-state index contributed by atoms with van der Waals surface area (Å²) in [5, 5.41) is 8.18. The van der Waals surface area contributed by atoms with E-state index in [1.54, 1.807) is 0 Å². The molecule has 0 aliphatic heterocycles. The van der Waals surface area contributed by atoms with Crippen LogP contribution in [0.3, 0.4) is 0 Å². The number of likely N-dealkylation sites (N-methyl/N-ethyl adjacent to an activating group) is 1. The van der Waals surface area contributed by atoms with Gasteiger partial charge in [-0.15, -0.1) is 0 Å². The Morgan fingerprint density at radius 3 is 2.11 bits per heavy atom. The molecule has 0 unspecified atom stereocenters. The number of aliphatic hydroxyl groups excluding tert-OH is 1. The fourth-order valence-electron chi connectivity index (χ4n) is 0.256. The van der Waals surface area contributed by atoms with Crippen LogP contribution in [0.5, 0.6) is 0 Å². The smallest absolute Gasteiger partial charge is 0.335 e. The molecule has 0 saturated carbocycles. The number of hydrogen-bond acceptors (Lipinski definition) is 3. The lowest BCUT2D eigenvalue weighted by Gasteiger charge is -2.08. The van der Waals surface area contributed by atoms with E-state index in [4.69, 9.17) is 9.66 Å². The van der Waals surface area contributed by atoms with E-state index in [9.17, 15) is 8.42 Å². The maximum absolute atomic E-state index is 10.1. The SMILES string of the molecule is CN(CCO)S(=O)(=O)O. The van der Waals surface area contributed by atoms with Gasteiger partial charge >= 0.3 is 10.3 Å². The third-order valence-electron chi connectivity index (χ3n) is 0.809. The van der Waals surface area contributed by atoms with Gasteiger partial charge in [0.1, 0.15) is 0 Å². The van der Waals surface area contributed by atoms with Gasteiger partial charge in [-0.25, -0.2) is 0 Å². The summed E-state index contributed by atoms with van der Waals surface area (Å²) in [6, 6.07) is 0. The lowest BCUT2D eigenvalue weighted by atomic mass is 10.7. The molecule has 9 heavy (non-hydrogen) atoms. The highest BCUT2D eigenvalue weighted by Gasteiger charge is 2.10. The van der Waals surface area contributed by atoms with Crippen LogP contribution in [0, 0.1) is 0 Å². The molecule has 0 bridgehead atoms. The normalized spacial score (nSPS) is 12.4. The number of aliphatic hydroxyl groups is 1. The topological polar surface area (TPSA) is 77.8 Å². The van der Waals surface area contributed by atoms with Gasteiger partial charge in [0.15, 0.2) is 0 Å². The van der Waals surface area contributed by atoms with E-state index >= 15 is 0 Å². The second kappa shape index (κ2) is 3.11. The Kier molecular flexibility index (Phi) is 3.06. The highest BCUT2D eigenvalue weighted by atomic mass is 32.2. The molecule has 0 aromatic heterocycles. The summed E-state index contributed by atoms with van der Waals surface area (Å²) in [5.41, 5.74) is 0. The average Bonchev–Trinajstić information content (AvgIpc) is 1.64. The van der Waals surface area contributed by atoms with Crippen LogP contribution in [-0.4, -0.2) is 42.6 Å². The van der Waals surface area contributed by atoms with Crippen LogP contribution >= 0.6 is 0 Å². The lowest BCUT2D eigenvalue weighted by molar-refractivity contribution is 0.258. The zero-order chi connectivity index (χ0) is 7.49. The van der Waals surface area contributed by atoms with Crippen LogP contribution in [0.25, 0.3) is 0 Å². The first kappa shape index (κ1) is 8.83. The second-order valence-corrected chi connectivity index (χ2v) is 3.04.